The molecule has 0 amide bonds. The van der Waals surface area contributed by atoms with Gasteiger partial charge in [0.25, 0.3) is 0 Å². The van der Waals surface area contributed by atoms with E-state index in [1.54, 1.807) is 30.3 Å². The largest absolute Gasteiger partial charge is 0.748 e. The summed E-state index contributed by atoms with van der Waals surface area (Å²) in [6, 6.07) is 8.37. The molecule has 1 aromatic rings. The standard InChI is InChI=1S/C7H8O3S.H3N.H2O/c8-11(9,10)6-7-4-2-1-3-5-7;;/h1-5H,6H2,(H,8,9,10);1H3;1H2. The second-order valence-corrected chi connectivity index (χ2v) is 3.59. The predicted octanol–water partition coefficient (Wildman–Crippen LogP) is 0.283. The van der Waals surface area contributed by atoms with Gasteiger partial charge in [-0.15, -0.1) is 0 Å². The van der Waals surface area contributed by atoms with Crippen LogP contribution in [0, 0.1) is 0 Å². The summed E-state index contributed by atoms with van der Waals surface area (Å²) in [6.07, 6.45) is 0. The van der Waals surface area contributed by atoms with Crippen LogP contribution in [0.2, 0.25) is 0 Å². The fourth-order valence-corrected chi connectivity index (χ4v) is 1.38. The first-order valence-electron chi connectivity index (χ1n) is 3.05. The van der Waals surface area contributed by atoms with Crippen molar-refractivity contribution < 1.29 is 18.4 Å². The lowest BCUT2D eigenvalue weighted by Crippen LogP contribution is -2.01. The van der Waals surface area contributed by atoms with E-state index in [1.807, 2.05) is 0 Å². The smallest absolute Gasteiger partial charge is 0.0988 e. The molecule has 13 heavy (non-hydrogen) atoms. The van der Waals surface area contributed by atoms with Crippen molar-refractivity contribution in [2.75, 3.05) is 0 Å². The van der Waals surface area contributed by atoms with Crippen LogP contribution in [-0.4, -0.2) is 18.4 Å². The van der Waals surface area contributed by atoms with Gasteiger partial charge in [0.15, 0.2) is 0 Å². The molecule has 1 rings (SSSR count). The molecule has 0 aliphatic heterocycles. The van der Waals surface area contributed by atoms with Crippen molar-refractivity contribution in [3.63, 3.8) is 0 Å². The van der Waals surface area contributed by atoms with Crippen molar-refractivity contribution in [2.45, 2.75) is 5.75 Å². The second-order valence-electron chi connectivity index (χ2n) is 2.19. The van der Waals surface area contributed by atoms with Crippen LogP contribution in [0.3, 0.4) is 0 Å². The zero-order chi connectivity index (χ0) is 8.32. The van der Waals surface area contributed by atoms with E-state index in [9.17, 15) is 13.0 Å². The molecule has 0 saturated heterocycles. The van der Waals surface area contributed by atoms with Gasteiger partial charge < -0.3 is 16.2 Å². The molecule has 0 heterocycles. The van der Waals surface area contributed by atoms with Crippen molar-refractivity contribution in [1.29, 1.82) is 0 Å². The summed E-state index contributed by atoms with van der Waals surface area (Å²) >= 11 is 0. The zero-order valence-corrected chi connectivity index (χ0v) is 8.04. The first-order chi connectivity index (χ1) is 5.08. The van der Waals surface area contributed by atoms with Gasteiger partial charge in [0.05, 0.1) is 15.9 Å². The van der Waals surface area contributed by atoms with E-state index < -0.39 is 15.9 Å². The summed E-state index contributed by atoms with van der Waals surface area (Å²) in [5.41, 5.74) is 0.530. The van der Waals surface area contributed by atoms with Gasteiger partial charge in [0.2, 0.25) is 0 Å². The summed E-state index contributed by atoms with van der Waals surface area (Å²) in [4.78, 5) is 0. The maximum Gasteiger partial charge on any atom is 0.0988 e. The maximum absolute atomic E-state index is 10.2. The molecule has 0 atom stereocenters. The van der Waals surface area contributed by atoms with Gasteiger partial charge in [-0.2, -0.15) is 0 Å². The van der Waals surface area contributed by atoms with Crippen LogP contribution in [-0.2, 0) is 15.9 Å². The highest BCUT2D eigenvalue weighted by molar-refractivity contribution is 7.84. The van der Waals surface area contributed by atoms with E-state index in [2.05, 4.69) is 0 Å². The van der Waals surface area contributed by atoms with Crippen LogP contribution >= 0.6 is 0 Å². The zero-order valence-electron chi connectivity index (χ0n) is 7.23. The Balaban J connectivity index is 0. The molecule has 6 N–H and O–H groups in total. The predicted molar refractivity (Wildman–Crippen MR) is 49.4 cm³/mol. The Hall–Kier alpha value is -0.950. The topological polar surface area (TPSA) is 125 Å². The fourth-order valence-electron chi connectivity index (χ4n) is 0.778. The molecule has 0 radical (unpaired) electrons. The van der Waals surface area contributed by atoms with Crippen LogP contribution < -0.4 is 6.15 Å². The summed E-state index contributed by atoms with van der Waals surface area (Å²) in [7, 11) is -4.13. The lowest BCUT2D eigenvalue weighted by atomic mass is 10.2. The number of quaternary nitrogens is 1. The second kappa shape index (κ2) is 5.65. The highest BCUT2D eigenvalue weighted by Crippen LogP contribution is 2.02. The van der Waals surface area contributed by atoms with E-state index in [0.29, 0.717) is 5.56 Å². The van der Waals surface area contributed by atoms with Crippen molar-refractivity contribution in [3.05, 3.63) is 35.9 Å². The normalized spacial score (nSPS) is 9.62. The number of benzene rings is 1. The molecule has 0 bridgehead atoms. The van der Waals surface area contributed by atoms with Gasteiger partial charge in [-0.3, -0.25) is 0 Å². The molecule has 6 heteroatoms. The summed E-state index contributed by atoms with van der Waals surface area (Å²) in [6.45, 7) is 0. The van der Waals surface area contributed by atoms with Crippen LogP contribution in [0.25, 0.3) is 0 Å². The Morgan fingerprint density at radius 3 is 2.00 bits per heavy atom. The van der Waals surface area contributed by atoms with Crippen molar-refractivity contribution in [2.24, 2.45) is 0 Å². The first-order valence-corrected chi connectivity index (χ1v) is 4.63. The Morgan fingerprint density at radius 1 is 1.15 bits per heavy atom. The lowest BCUT2D eigenvalue weighted by molar-refractivity contribution is 0.462. The van der Waals surface area contributed by atoms with Crippen LogP contribution in [0.4, 0.5) is 0 Å². The van der Waals surface area contributed by atoms with Crippen molar-refractivity contribution >= 4 is 10.1 Å². The van der Waals surface area contributed by atoms with Crippen molar-refractivity contribution in [3.8, 4) is 0 Å². The highest BCUT2D eigenvalue weighted by atomic mass is 32.2. The number of hydrogen-bond acceptors (Lipinski definition) is 3. The van der Waals surface area contributed by atoms with Gasteiger partial charge in [-0.25, -0.2) is 8.42 Å². The minimum absolute atomic E-state index is 0. The third-order valence-corrected chi connectivity index (χ3v) is 1.87. The molecule has 0 aliphatic carbocycles. The van der Waals surface area contributed by atoms with E-state index >= 15 is 0 Å². The molecule has 0 spiro atoms. The van der Waals surface area contributed by atoms with E-state index in [0.717, 1.165) is 0 Å². The Kier molecular flexibility index (Phi) is 6.34. The average Bonchev–Trinajstić information content (AvgIpc) is 1.85. The van der Waals surface area contributed by atoms with Crippen LogP contribution in [0.5, 0.6) is 0 Å². The average molecular weight is 207 g/mol. The van der Waals surface area contributed by atoms with E-state index in [1.165, 1.54) is 0 Å². The third-order valence-electron chi connectivity index (χ3n) is 1.19. The molecule has 1 aromatic carbocycles. The van der Waals surface area contributed by atoms with E-state index in [4.69, 9.17) is 0 Å². The maximum atomic E-state index is 10.2. The Labute approximate surface area is 77.0 Å². The molecule has 76 valence electrons. The lowest BCUT2D eigenvalue weighted by Gasteiger charge is -2.05. The molecule has 0 unspecified atom stereocenters. The van der Waals surface area contributed by atoms with Gasteiger partial charge in [0.1, 0.15) is 0 Å². The SMILES string of the molecule is O.O=S(=O)([O-])Cc1ccccc1.[NH4+]. The van der Waals surface area contributed by atoms with Gasteiger partial charge >= 0.3 is 0 Å². The number of hydrogen-bond donors (Lipinski definition) is 1. The molecule has 5 nitrogen and oxygen atoms in total. The Bertz CT molecular complexity index is 322. The van der Waals surface area contributed by atoms with Crippen LogP contribution in [0.15, 0.2) is 30.3 Å². The highest BCUT2D eigenvalue weighted by Gasteiger charge is 1.95. The van der Waals surface area contributed by atoms with Gasteiger partial charge in [0, 0.05) is 0 Å². The first kappa shape index (κ1) is 14.6. The minimum Gasteiger partial charge on any atom is -0.748 e. The Morgan fingerprint density at radius 2 is 1.62 bits per heavy atom. The van der Waals surface area contributed by atoms with Gasteiger partial charge in [-0.1, -0.05) is 30.3 Å². The van der Waals surface area contributed by atoms with Crippen LogP contribution in [0.1, 0.15) is 5.56 Å². The monoisotopic (exact) mass is 207 g/mol. The molecular formula is C7H13NO4S. The molecule has 0 saturated carbocycles. The summed E-state index contributed by atoms with van der Waals surface area (Å²) in [5.74, 6) is -0.423. The van der Waals surface area contributed by atoms with Gasteiger partial charge in [-0.05, 0) is 5.56 Å². The molecular weight excluding hydrogens is 194 g/mol. The van der Waals surface area contributed by atoms with Crippen molar-refractivity contribution in [1.82, 2.24) is 6.15 Å². The summed E-state index contributed by atoms with van der Waals surface area (Å²) < 4.78 is 30.7. The van der Waals surface area contributed by atoms with E-state index in [-0.39, 0.29) is 11.6 Å². The minimum atomic E-state index is -4.13. The molecule has 0 aliphatic rings. The quantitative estimate of drug-likeness (QED) is 0.700. The summed E-state index contributed by atoms with van der Waals surface area (Å²) in [5, 5.41) is 0. The molecule has 0 fully saturated rings. The molecule has 0 aromatic heterocycles. The number of rotatable bonds is 2. The third kappa shape index (κ3) is 6.23. The fraction of sp³-hybridized carbons (Fsp3) is 0.143.